The molecule has 0 saturated carbocycles. The molecule has 1 heterocycles. The molecule has 0 aromatic heterocycles. The van der Waals surface area contributed by atoms with Crippen LogP contribution in [0.2, 0.25) is 0 Å². The Morgan fingerprint density at radius 3 is 1.72 bits per heavy atom. The monoisotopic (exact) mass is 329 g/mol. The number of hydrogen-bond donors (Lipinski definition) is 0. The summed E-state index contributed by atoms with van der Waals surface area (Å²) in [6.07, 6.45) is 1.83. The van der Waals surface area contributed by atoms with Crippen molar-refractivity contribution in [3.63, 3.8) is 0 Å². The molecule has 0 saturated heterocycles. The SMILES string of the molecule is C=Cc1ccccc1.CCN1C(=O)c2cc3ccccc3cc2C1=O. The van der Waals surface area contributed by atoms with Gasteiger partial charge in [-0.15, -0.1) is 0 Å². The van der Waals surface area contributed by atoms with Gasteiger partial charge < -0.3 is 0 Å². The van der Waals surface area contributed by atoms with Gasteiger partial charge in [-0.05, 0) is 35.4 Å². The van der Waals surface area contributed by atoms with Gasteiger partial charge in [0.1, 0.15) is 0 Å². The van der Waals surface area contributed by atoms with E-state index in [-0.39, 0.29) is 11.8 Å². The lowest BCUT2D eigenvalue weighted by atomic mass is 10.0. The first-order valence-electron chi connectivity index (χ1n) is 8.22. The van der Waals surface area contributed by atoms with Crippen LogP contribution < -0.4 is 0 Å². The molecule has 124 valence electrons. The molecule has 1 aliphatic heterocycles. The summed E-state index contributed by atoms with van der Waals surface area (Å²) in [5.41, 5.74) is 2.22. The Hall–Kier alpha value is -3.20. The van der Waals surface area contributed by atoms with Crippen molar-refractivity contribution in [2.75, 3.05) is 6.54 Å². The van der Waals surface area contributed by atoms with Gasteiger partial charge in [0.25, 0.3) is 11.8 Å². The lowest BCUT2D eigenvalue weighted by Crippen LogP contribution is -2.29. The summed E-state index contributed by atoms with van der Waals surface area (Å²) >= 11 is 0. The molecule has 4 rings (SSSR count). The highest BCUT2D eigenvalue weighted by Gasteiger charge is 2.34. The minimum Gasteiger partial charge on any atom is -0.275 e. The molecule has 3 nitrogen and oxygen atoms in total. The molecule has 1 aliphatic rings. The molecule has 0 fully saturated rings. The predicted octanol–water partition coefficient (Wildman–Crippen LogP) is 4.79. The molecule has 3 heteroatoms. The number of hydrogen-bond acceptors (Lipinski definition) is 2. The topological polar surface area (TPSA) is 37.4 Å². The summed E-state index contributed by atoms with van der Waals surface area (Å²) in [7, 11) is 0. The van der Waals surface area contributed by atoms with E-state index in [1.807, 2.05) is 60.7 Å². The van der Waals surface area contributed by atoms with E-state index >= 15 is 0 Å². The minimum absolute atomic E-state index is 0.182. The zero-order valence-electron chi connectivity index (χ0n) is 14.1. The second-order valence-corrected chi connectivity index (χ2v) is 5.71. The molecule has 0 aliphatic carbocycles. The third-order valence-electron chi connectivity index (χ3n) is 4.19. The zero-order valence-corrected chi connectivity index (χ0v) is 14.1. The van der Waals surface area contributed by atoms with Crippen molar-refractivity contribution in [1.29, 1.82) is 0 Å². The normalized spacial score (nSPS) is 12.6. The average molecular weight is 329 g/mol. The molecule has 3 aromatic carbocycles. The fourth-order valence-corrected chi connectivity index (χ4v) is 2.85. The van der Waals surface area contributed by atoms with Gasteiger partial charge in [-0.2, -0.15) is 0 Å². The van der Waals surface area contributed by atoms with Crippen LogP contribution in [0.15, 0.2) is 73.3 Å². The van der Waals surface area contributed by atoms with Gasteiger partial charge in [0.05, 0.1) is 11.1 Å². The molecule has 0 radical (unpaired) electrons. The van der Waals surface area contributed by atoms with Crippen molar-refractivity contribution in [3.05, 3.63) is 90.0 Å². The Kier molecular flexibility index (Phi) is 4.75. The first-order valence-corrected chi connectivity index (χ1v) is 8.22. The first-order chi connectivity index (χ1) is 12.2. The molecule has 0 bridgehead atoms. The van der Waals surface area contributed by atoms with E-state index in [1.165, 1.54) is 10.5 Å². The van der Waals surface area contributed by atoms with E-state index in [1.54, 1.807) is 19.1 Å². The maximum absolute atomic E-state index is 12.0. The molecule has 25 heavy (non-hydrogen) atoms. The Morgan fingerprint density at radius 2 is 1.32 bits per heavy atom. The lowest BCUT2D eigenvalue weighted by Gasteiger charge is -2.08. The Balaban J connectivity index is 0.000000192. The van der Waals surface area contributed by atoms with E-state index in [0.29, 0.717) is 17.7 Å². The number of benzene rings is 3. The van der Waals surface area contributed by atoms with E-state index in [2.05, 4.69) is 6.58 Å². The number of amides is 2. The predicted molar refractivity (Wildman–Crippen MR) is 102 cm³/mol. The summed E-state index contributed by atoms with van der Waals surface area (Å²) in [6.45, 7) is 5.86. The molecule has 0 atom stereocenters. The Labute approximate surface area is 147 Å². The third kappa shape index (κ3) is 3.22. The number of carbonyl (C=O) groups excluding carboxylic acids is 2. The van der Waals surface area contributed by atoms with Crippen LogP contribution in [0.25, 0.3) is 16.8 Å². The largest absolute Gasteiger partial charge is 0.275 e. The number of fused-ring (bicyclic) bond motifs is 2. The van der Waals surface area contributed by atoms with Crippen molar-refractivity contribution < 1.29 is 9.59 Å². The summed E-state index contributed by atoms with van der Waals surface area (Å²) in [5, 5.41) is 1.98. The number of nitrogens with zero attached hydrogens (tertiary/aromatic N) is 1. The molecular formula is C22H19NO2. The maximum Gasteiger partial charge on any atom is 0.261 e. The van der Waals surface area contributed by atoms with Gasteiger partial charge in [-0.1, -0.05) is 67.3 Å². The van der Waals surface area contributed by atoms with Crippen molar-refractivity contribution in [2.45, 2.75) is 6.92 Å². The molecule has 0 unspecified atom stereocenters. The van der Waals surface area contributed by atoms with E-state index in [4.69, 9.17) is 0 Å². The van der Waals surface area contributed by atoms with Crippen LogP contribution in [-0.2, 0) is 0 Å². The number of carbonyl (C=O) groups is 2. The van der Waals surface area contributed by atoms with Crippen molar-refractivity contribution in [3.8, 4) is 0 Å². The second kappa shape index (κ2) is 7.14. The molecular weight excluding hydrogens is 310 g/mol. The summed E-state index contributed by atoms with van der Waals surface area (Å²) in [6, 6.07) is 21.4. The van der Waals surface area contributed by atoms with Gasteiger partial charge >= 0.3 is 0 Å². The standard InChI is InChI=1S/C14H11NO2.C8H8/c1-2-15-13(16)11-7-9-5-3-4-6-10(9)8-12(11)14(15)17;1-2-8-6-4-3-5-7-8/h3-8H,2H2,1H3;2-7H,1H2. The van der Waals surface area contributed by atoms with Crippen LogP contribution in [0, 0.1) is 0 Å². The molecule has 2 amide bonds. The zero-order chi connectivity index (χ0) is 17.8. The minimum atomic E-state index is -0.182. The molecule has 0 spiro atoms. The lowest BCUT2D eigenvalue weighted by molar-refractivity contribution is 0.0663. The van der Waals surface area contributed by atoms with Crippen LogP contribution in [0.4, 0.5) is 0 Å². The average Bonchev–Trinajstić information content (AvgIpc) is 2.91. The fourth-order valence-electron chi connectivity index (χ4n) is 2.85. The second-order valence-electron chi connectivity index (χ2n) is 5.71. The van der Waals surface area contributed by atoms with Gasteiger partial charge in [-0.25, -0.2) is 0 Å². The van der Waals surface area contributed by atoms with Gasteiger partial charge in [-0.3, -0.25) is 14.5 Å². The molecule has 0 N–H and O–H groups in total. The first kappa shape index (κ1) is 16.7. The summed E-state index contributed by atoms with van der Waals surface area (Å²) < 4.78 is 0. The van der Waals surface area contributed by atoms with E-state index in [9.17, 15) is 9.59 Å². The summed E-state index contributed by atoms with van der Waals surface area (Å²) in [5.74, 6) is -0.364. The van der Waals surface area contributed by atoms with Crippen molar-refractivity contribution >= 4 is 28.7 Å². The highest BCUT2D eigenvalue weighted by Crippen LogP contribution is 2.27. The van der Waals surface area contributed by atoms with Crippen LogP contribution >= 0.6 is 0 Å². The van der Waals surface area contributed by atoms with Gasteiger partial charge in [0.15, 0.2) is 0 Å². The highest BCUT2D eigenvalue weighted by molar-refractivity contribution is 6.23. The van der Waals surface area contributed by atoms with Gasteiger partial charge in [0.2, 0.25) is 0 Å². The van der Waals surface area contributed by atoms with Crippen LogP contribution in [0.5, 0.6) is 0 Å². The Bertz CT molecular complexity index is 890. The molecule has 3 aromatic rings. The smallest absolute Gasteiger partial charge is 0.261 e. The van der Waals surface area contributed by atoms with Crippen LogP contribution in [0.3, 0.4) is 0 Å². The quantitative estimate of drug-likeness (QED) is 0.634. The van der Waals surface area contributed by atoms with Gasteiger partial charge in [0, 0.05) is 6.54 Å². The number of rotatable bonds is 2. The Morgan fingerprint density at radius 1 is 0.840 bits per heavy atom. The van der Waals surface area contributed by atoms with Crippen LogP contribution in [-0.4, -0.2) is 23.3 Å². The summed E-state index contributed by atoms with van der Waals surface area (Å²) in [4.78, 5) is 25.3. The fraction of sp³-hybridized carbons (Fsp3) is 0.0909. The van der Waals surface area contributed by atoms with Crippen molar-refractivity contribution in [2.24, 2.45) is 0 Å². The van der Waals surface area contributed by atoms with Crippen molar-refractivity contribution in [1.82, 2.24) is 4.90 Å². The van der Waals surface area contributed by atoms with Crippen LogP contribution in [0.1, 0.15) is 33.2 Å². The number of imide groups is 1. The van der Waals surface area contributed by atoms with E-state index in [0.717, 1.165) is 10.8 Å². The highest BCUT2D eigenvalue weighted by atomic mass is 16.2. The third-order valence-corrected chi connectivity index (χ3v) is 4.19. The maximum atomic E-state index is 12.0. The van der Waals surface area contributed by atoms with E-state index < -0.39 is 0 Å².